The molecule has 0 fully saturated rings. The summed E-state index contributed by atoms with van der Waals surface area (Å²) in [5.74, 6) is -0.136. The highest BCUT2D eigenvalue weighted by Gasteiger charge is 2.23. The second-order valence-electron chi connectivity index (χ2n) is 4.52. The van der Waals surface area contributed by atoms with Gasteiger partial charge in [-0.1, -0.05) is 23.9 Å². The molecule has 0 spiro atoms. The van der Waals surface area contributed by atoms with E-state index >= 15 is 0 Å². The number of halogens is 2. The Morgan fingerprint density at radius 3 is 2.60 bits per heavy atom. The van der Waals surface area contributed by atoms with E-state index in [1.165, 1.54) is 4.90 Å². The Morgan fingerprint density at radius 2 is 2.00 bits per heavy atom. The molecule has 0 bridgehead atoms. The van der Waals surface area contributed by atoms with Crippen LogP contribution in [0.3, 0.4) is 0 Å². The zero-order chi connectivity index (χ0) is 14.9. The van der Waals surface area contributed by atoms with Crippen LogP contribution in [0.5, 0.6) is 0 Å². The van der Waals surface area contributed by atoms with Crippen LogP contribution in [0, 0.1) is 0 Å². The molecular formula is C13H15F2N3OS. The number of nitrogens with zero attached hydrogens (tertiary/aromatic N) is 3. The molecule has 0 radical (unpaired) electrons. The number of aromatic nitrogens is 2. The van der Waals surface area contributed by atoms with Crippen molar-refractivity contribution >= 4 is 28.7 Å². The first-order valence-electron chi connectivity index (χ1n) is 6.04. The molecular weight excluding hydrogens is 284 g/mol. The van der Waals surface area contributed by atoms with Gasteiger partial charge in [0.2, 0.25) is 5.91 Å². The maximum absolute atomic E-state index is 13.2. The Hall–Kier alpha value is -1.63. The van der Waals surface area contributed by atoms with Gasteiger partial charge in [-0.25, -0.2) is 4.98 Å². The highest BCUT2D eigenvalue weighted by molar-refractivity contribution is 8.00. The molecule has 1 atom stereocenters. The Labute approximate surface area is 119 Å². The summed E-state index contributed by atoms with van der Waals surface area (Å²) in [5.41, 5.74) is 0.870. The summed E-state index contributed by atoms with van der Waals surface area (Å²) in [4.78, 5) is 17.5. The molecule has 0 N–H and O–H groups in total. The van der Waals surface area contributed by atoms with Gasteiger partial charge in [0.15, 0.2) is 5.16 Å². The molecule has 1 aromatic heterocycles. The number of imidazole rings is 1. The van der Waals surface area contributed by atoms with Crippen molar-refractivity contribution in [3.8, 4) is 0 Å². The number of hydrogen-bond acceptors (Lipinski definition) is 3. The summed E-state index contributed by atoms with van der Waals surface area (Å²) < 4.78 is 27.3. The largest absolute Gasteiger partial charge is 0.348 e. The van der Waals surface area contributed by atoms with Crippen LogP contribution < -0.4 is 0 Å². The number of carbonyl (C=O) groups is 1. The molecule has 1 unspecified atom stereocenters. The molecule has 2 aromatic rings. The molecule has 1 amide bonds. The fourth-order valence-corrected chi connectivity index (χ4v) is 2.94. The van der Waals surface area contributed by atoms with Gasteiger partial charge in [-0.15, -0.1) is 0 Å². The zero-order valence-corrected chi connectivity index (χ0v) is 12.2. The van der Waals surface area contributed by atoms with E-state index in [2.05, 4.69) is 4.98 Å². The molecule has 108 valence electrons. The van der Waals surface area contributed by atoms with E-state index in [0.717, 1.165) is 16.3 Å². The Bertz CT molecular complexity index is 627. The molecule has 1 aromatic carbocycles. The van der Waals surface area contributed by atoms with Crippen molar-refractivity contribution in [2.24, 2.45) is 0 Å². The molecule has 0 aliphatic rings. The summed E-state index contributed by atoms with van der Waals surface area (Å²) in [6.07, 6.45) is 0. The SMILES string of the molecule is CC(Sc1nc2ccccc2n1C(F)F)C(=O)N(C)C. The maximum Gasteiger partial charge on any atom is 0.321 e. The molecule has 2 rings (SSSR count). The molecule has 0 saturated carbocycles. The van der Waals surface area contributed by atoms with Crippen LogP contribution in [0.1, 0.15) is 13.5 Å². The predicted octanol–water partition coefficient (Wildman–Crippen LogP) is 3.00. The number of thioether (sulfide) groups is 1. The van der Waals surface area contributed by atoms with Crippen molar-refractivity contribution in [3.05, 3.63) is 24.3 Å². The zero-order valence-electron chi connectivity index (χ0n) is 11.4. The van der Waals surface area contributed by atoms with Gasteiger partial charge in [-0.2, -0.15) is 8.78 Å². The quantitative estimate of drug-likeness (QED) is 0.815. The summed E-state index contributed by atoms with van der Waals surface area (Å²) >= 11 is 1.04. The van der Waals surface area contributed by atoms with Crippen LogP contribution in [0.15, 0.2) is 29.4 Å². The highest BCUT2D eigenvalue weighted by atomic mass is 32.2. The monoisotopic (exact) mass is 299 g/mol. The summed E-state index contributed by atoms with van der Waals surface area (Å²) in [6.45, 7) is -1.01. The van der Waals surface area contributed by atoms with E-state index in [4.69, 9.17) is 0 Å². The number of alkyl halides is 2. The van der Waals surface area contributed by atoms with Crippen molar-refractivity contribution in [1.29, 1.82) is 0 Å². The van der Waals surface area contributed by atoms with Crippen LogP contribution >= 0.6 is 11.8 Å². The minimum Gasteiger partial charge on any atom is -0.348 e. The van der Waals surface area contributed by atoms with Gasteiger partial charge >= 0.3 is 6.55 Å². The number of amides is 1. The van der Waals surface area contributed by atoms with Crippen molar-refractivity contribution in [1.82, 2.24) is 14.5 Å². The minimum atomic E-state index is -2.69. The van der Waals surface area contributed by atoms with Gasteiger partial charge in [0.05, 0.1) is 16.3 Å². The van der Waals surface area contributed by atoms with Gasteiger partial charge in [-0.05, 0) is 19.1 Å². The summed E-state index contributed by atoms with van der Waals surface area (Å²) in [5, 5.41) is -0.316. The lowest BCUT2D eigenvalue weighted by Crippen LogP contribution is -2.29. The van der Waals surface area contributed by atoms with E-state index in [0.29, 0.717) is 11.0 Å². The van der Waals surface area contributed by atoms with Crippen LogP contribution in [0.2, 0.25) is 0 Å². The van der Waals surface area contributed by atoms with Gasteiger partial charge in [0.25, 0.3) is 0 Å². The summed E-state index contributed by atoms with van der Waals surface area (Å²) in [6, 6.07) is 6.70. The third-order valence-corrected chi connectivity index (χ3v) is 3.88. The molecule has 0 aliphatic heterocycles. The van der Waals surface area contributed by atoms with E-state index in [-0.39, 0.29) is 11.1 Å². The van der Waals surface area contributed by atoms with Crippen molar-refractivity contribution in [2.45, 2.75) is 23.9 Å². The lowest BCUT2D eigenvalue weighted by Gasteiger charge is -2.16. The van der Waals surface area contributed by atoms with Crippen LogP contribution in [0.25, 0.3) is 11.0 Å². The normalized spacial score (nSPS) is 12.9. The highest BCUT2D eigenvalue weighted by Crippen LogP contribution is 2.31. The molecule has 7 heteroatoms. The minimum absolute atomic E-state index is 0.136. The lowest BCUT2D eigenvalue weighted by molar-refractivity contribution is -0.127. The number of hydrogen-bond donors (Lipinski definition) is 0. The van der Waals surface area contributed by atoms with Crippen molar-refractivity contribution in [2.75, 3.05) is 14.1 Å². The average molecular weight is 299 g/mol. The van der Waals surface area contributed by atoms with Gasteiger partial charge in [-0.3, -0.25) is 9.36 Å². The maximum atomic E-state index is 13.2. The molecule has 1 heterocycles. The Kier molecular flexibility index (Phi) is 4.27. The lowest BCUT2D eigenvalue weighted by atomic mass is 10.3. The summed E-state index contributed by atoms with van der Waals surface area (Å²) in [7, 11) is 3.27. The number of rotatable bonds is 4. The molecule has 4 nitrogen and oxygen atoms in total. The second kappa shape index (κ2) is 5.78. The fraction of sp³-hybridized carbons (Fsp3) is 0.385. The van der Waals surface area contributed by atoms with Crippen LogP contribution in [-0.2, 0) is 4.79 Å². The standard InChI is InChI=1S/C13H15F2N3OS/c1-8(11(19)17(2)3)20-13-16-9-6-4-5-7-10(9)18(13)12(14)15/h4-8,12H,1-3H3. The average Bonchev–Trinajstić information content (AvgIpc) is 2.75. The van der Waals surface area contributed by atoms with E-state index in [9.17, 15) is 13.6 Å². The first kappa shape index (κ1) is 14.8. The first-order chi connectivity index (χ1) is 9.41. The predicted molar refractivity (Wildman–Crippen MR) is 75.0 cm³/mol. The molecule has 0 saturated heterocycles. The topological polar surface area (TPSA) is 38.1 Å². The Balaban J connectivity index is 2.39. The van der Waals surface area contributed by atoms with E-state index in [1.54, 1.807) is 45.3 Å². The van der Waals surface area contributed by atoms with Crippen molar-refractivity contribution < 1.29 is 13.6 Å². The second-order valence-corrected chi connectivity index (χ2v) is 5.83. The number of para-hydroxylation sites is 2. The number of carbonyl (C=O) groups excluding carboxylic acids is 1. The van der Waals surface area contributed by atoms with E-state index in [1.807, 2.05) is 0 Å². The third-order valence-electron chi connectivity index (χ3n) is 2.83. The number of fused-ring (bicyclic) bond motifs is 1. The third kappa shape index (κ3) is 2.77. The van der Waals surface area contributed by atoms with Crippen LogP contribution in [0.4, 0.5) is 8.78 Å². The van der Waals surface area contributed by atoms with Gasteiger partial charge < -0.3 is 4.90 Å². The molecule has 20 heavy (non-hydrogen) atoms. The number of benzene rings is 1. The van der Waals surface area contributed by atoms with Crippen LogP contribution in [-0.4, -0.2) is 39.7 Å². The van der Waals surface area contributed by atoms with Gasteiger partial charge in [0, 0.05) is 14.1 Å². The van der Waals surface area contributed by atoms with Crippen molar-refractivity contribution in [3.63, 3.8) is 0 Å². The Morgan fingerprint density at radius 1 is 1.35 bits per heavy atom. The first-order valence-corrected chi connectivity index (χ1v) is 6.92. The molecule has 0 aliphatic carbocycles. The van der Waals surface area contributed by atoms with Gasteiger partial charge in [0.1, 0.15) is 0 Å². The van der Waals surface area contributed by atoms with E-state index < -0.39 is 11.8 Å². The smallest absolute Gasteiger partial charge is 0.321 e. The fourth-order valence-electron chi connectivity index (χ4n) is 1.87.